The first-order valence-corrected chi connectivity index (χ1v) is 7.72. The van der Waals surface area contributed by atoms with E-state index in [9.17, 15) is 18.0 Å². The Balaban J connectivity index is 2.18. The summed E-state index contributed by atoms with van der Waals surface area (Å²) in [7, 11) is 0. The van der Waals surface area contributed by atoms with E-state index in [0.717, 1.165) is 0 Å². The fraction of sp³-hybridized carbons (Fsp3) is 0.118. The van der Waals surface area contributed by atoms with Crippen molar-refractivity contribution in [2.24, 2.45) is 0 Å². The Morgan fingerprint density at radius 1 is 1.04 bits per heavy atom. The largest absolute Gasteiger partial charge is 0.337 e. The van der Waals surface area contributed by atoms with Crippen LogP contribution in [0.5, 0.6) is 0 Å². The molecule has 0 bridgehead atoms. The van der Waals surface area contributed by atoms with Crippen LogP contribution >= 0.6 is 23.2 Å². The Hall–Kier alpha value is -1.98. The van der Waals surface area contributed by atoms with Crippen molar-refractivity contribution in [3.63, 3.8) is 0 Å². The van der Waals surface area contributed by atoms with E-state index in [4.69, 9.17) is 23.2 Å². The summed E-state index contributed by atoms with van der Waals surface area (Å²) < 4.78 is 41.6. The van der Waals surface area contributed by atoms with Gasteiger partial charge < -0.3 is 4.90 Å². The van der Waals surface area contributed by atoms with Crippen molar-refractivity contribution < 1.29 is 18.0 Å². The molecule has 0 radical (unpaired) electrons. The maximum absolute atomic E-state index is 14.2. The molecule has 3 rings (SSSR count). The second-order valence-corrected chi connectivity index (χ2v) is 6.08. The smallest absolute Gasteiger partial charge is 0.178 e. The fourth-order valence-corrected chi connectivity index (χ4v) is 3.08. The molecule has 0 saturated heterocycles. The van der Waals surface area contributed by atoms with Crippen LogP contribution in [0.15, 0.2) is 47.6 Å². The van der Waals surface area contributed by atoms with Crippen molar-refractivity contribution >= 4 is 34.7 Å². The number of rotatable bonds is 2. The standard InChI is InChI=1S/C17H10Cl2F3NO/c18-10-3-1-2-4-14(10)23-8-11(19)16(24)7-15(23)17-12(21)5-9(20)6-13(17)22/h1-6,8,15H,7H2. The minimum atomic E-state index is -1.08. The van der Waals surface area contributed by atoms with E-state index in [2.05, 4.69) is 0 Å². The van der Waals surface area contributed by atoms with Gasteiger partial charge in [0.2, 0.25) is 0 Å². The van der Waals surface area contributed by atoms with Gasteiger partial charge in [0, 0.05) is 30.3 Å². The summed E-state index contributed by atoms with van der Waals surface area (Å²) in [6.07, 6.45) is 1.02. The zero-order chi connectivity index (χ0) is 17.4. The van der Waals surface area contributed by atoms with Crippen LogP contribution in [0.1, 0.15) is 18.0 Å². The summed E-state index contributed by atoms with van der Waals surface area (Å²) in [6.45, 7) is 0. The SMILES string of the molecule is O=C1CC(c2c(F)cc(F)cc2F)N(c2ccccc2Cl)C=C1Cl. The quantitative estimate of drug-likeness (QED) is 0.708. The lowest BCUT2D eigenvalue weighted by atomic mass is 9.95. The predicted molar refractivity (Wildman–Crippen MR) is 86.5 cm³/mol. The molecule has 0 fully saturated rings. The van der Waals surface area contributed by atoms with Gasteiger partial charge in [-0.2, -0.15) is 0 Å². The van der Waals surface area contributed by atoms with Crippen LogP contribution in [-0.4, -0.2) is 5.78 Å². The van der Waals surface area contributed by atoms with Crippen LogP contribution in [-0.2, 0) is 4.79 Å². The van der Waals surface area contributed by atoms with Gasteiger partial charge in [-0.3, -0.25) is 4.79 Å². The summed E-state index contributed by atoms with van der Waals surface area (Å²) in [4.78, 5) is 13.4. The number of benzene rings is 2. The summed E-state index contributed by atoms with van der Waals surface area (Å²) in [5.41, 5.74) is 0.0167. The highest BCUT2D eigenvalue weighted by Gasteiger charge is 2.34. The highest BCUT2D eigenvalue weighted by Crippen LogP contribution is 2.40. The van der Waals surface area contributed by atoms with Crippen LogP contribution in [0.25, 0.3) is 0 Å². The van der Waals surface area contributed by atoms with Crippen molar-refractivity contribution in [3.8, 4) is 0 Å². The average Bonchev–Trinajstić information content (AvgIpc) is 2.50. The van der Waals surface area contributed by atoms with Crippen LogP contribution in [0, 0.1) is 17.5 Å². The number of para-hydroxylation sites is 1. The zero-order valence-electron chi connectivity index (χ0n) is 12.1. The molecule has 2 aromatic carbocycles. The molecule has 0 aromatic heterocycles. The van der Waals surface area contributed by atoms with E-state index in [1.807, 2.05) is 0 Å². The maximum atomic E-state index is 14.2. The van der Waals surface area contributed by atoms with E-state index in [0.29, 0.717) is 22.8 Å². The van der Waals surface area contributed by atoms with Gasteiger partial charge in [-0.05, 0) is 12.1 Å². The molecule has 1 aliphatic heterocycles. The van der Waals surface area contributed by atoms with Crippen molar-refractivity contribution in [1.82, 2.24) is 0 Å². The molecule has 1 unspecified atom stereocenters. The molecule has 0 spiro atoms. The normalized spacial score (nSPS) is 17.9. The van der Waals surface area contributed by atoms with Crippen molar-refractivity contribution in [3.05, 3.63) is 75.7 Å². The first-order chi connectivity index (χ1) is 11.4. The second kappa shape index (κ2) is 6.49. The lowest BCUT2D eigenvalue weighted by molar-refractivity contribution is -0.115. The summed E-state index contributed by atoms with van der Waals surface area (Å²) in [6, 6.07) is 6.74. The number of halogens is 5. The van der Waals surface area contributed by atoms with Gasteiger partial charge in [0.15, 0.2) is 5.78 Å². The van der Waals surface area contributed by atoms with E-state index in [1.54, 1.807) is 24.3 Å². The highest BCUT2D eigenvalue weighted by atomic mass is 35.5. The maximum Gasteiger partial charge on any atom is 0.178 e. The minimum absolute atomic E-state index is 0.0749. The number of allylic oxidation sites excluding steroid dienone is 1. The molecule has 0 saturated carbocycles. The van der Waals surface area contributed by atoms with Crippen molar-refractivity contribution in [2.45, 2.75) is 12.5 Å². The number of Topliss-reactive ketones (excluding diaryl/α,β-unsaturated/α-hetero) is 1. The Bertz CT molecular complexity index is 830. The Morgan fingerprint density at radius 2 is 1.67 bits per heavy atom. The molecule has 1 aliphatic rings. The number of carbonyl (C=O) groups excluding carboxylic acids is 1. The molecule has 0 amide bonds. The molecule has 0 N–H and O–H groups in total. The first-order valence-electron chi connectivity index (χ1n) is 6.96. The van der Waals surface area contributed by atoms with Crippen LogP contribution in [0.2, 0.25) is 5.02 Å². The number of anilines is 1. The molecule has 0 aliphatic carbocycles. The predicted octanol–water partition coefficient (Wildman–Crippen LogP) is 5.36. The molecule has 7 heteroatoms. The van der Waals surface area contributed by atoms with Gasteiger partial charge in [0.25, 0.3) is 0 Å². The van der Waals surface area contributed by atoms with Gasteiger partial charge in [-0.15, -0.1) is 0 Å². The molecule has 1 atom stereocenters. The molecule has 2 aromatic rings. The highest BCUT2D eigenvalue weighted by molar-refractivity contribution is 6.43. The molecular formula is C17H10Cl2F3NO. The number of nitrogens with zero attached hydrogens (tertiary/aromatic N) is 1. The zero-order valence-corrected chi connectivity index (χ0v) is 13.6. The third kappa shape index (κ3) is 3.01. The van der Waals surface area contributed by atoms with Gasteiger partial charge >= 0.3 is 0 Å². The summed E-state index contributed by atoms with van der Waals surface area (Å²) in [5.74, 6) is -3.65. The van der Waals surface area contributed by atoms with Gasteiger partial charge in [-0.25, -0.2) is 13.2 Å². The van der Waals surface area contributed by atoms with E-state index in [-0.39, 0.29) is 11.5 Å². The summed E-state index contributed by atoms with van der Waals surface area (Å²) in [5, 5.41) is 0.245. The van der Waals surface area contributed by atoms with Crippen molar-refractivity contribution in [1.29, 1.82) is 0 Å². The van der Waals surface area contributed by atoms with Gasteiger partial charge in [-0.1, -0.05) is 35.3 Å². The fourth-order valence-electron chi connectivity index (χ4n) is 2.67. The minimum Gasteiger partial charge on any atom is -0.337 e. The number of hydrogen-bond donors (Lipinski definition) is 0. The third-order valence-corrected chi connectivity index (χ3v) is 4.37. The van der Waals surface area contributed by atoms with Crippen molar-refractivity contribution in [2.75, 3.05) is 4.90 Å². The topological polar surface area (TPSA) is 20.3 Å². The van der Waals surface area contributed by atoms with Crippen LogP contribution < -0.4 is 4.90 Å². The van der Waals surface area contributed by atoms with E-state index < -0.39 is 34.8 Å². The van der Waals surface area contributed by atoms with E-state index >= 15 is 0 Å². The number of ketones is 1. The van der Waals surface area contributed by atoms with E-state index in [1.165, 1.54) is 11.1 Å². The number of carbonyl (C=O) groups is 1. The molecule has 2 nitrogen and oxygen atoms in total. The van der Waals surface area contributed by atoms with Gasteiger partial charge in [0.05, 0.1) is 21.8 Å². The Morgan fingerprint density at radius 3 is 2.29 bits per heavy atom. The second-order valence-electron chi connectivity index (χ2n) is 5.26. The van der Waals surface area contributed by atoms with Gasteiger partial charge in [0.1, 0.15) is 17.5 Å². The molecule has 124 valence electrons. The lowest BCUT2D eigenvalue weighted by Gasteiger charge is -2.34. The molecule has 1 heterocycles. The first kappa shape index (κ1) is 16.9. The molecule has 24 heavy (non-hydrogen) atoms. The lowest BCUT2D eigenvalue weighted by Crippen LogP contribution is -2.32. The molecular weight excluding hydrogens is 362 g/mol. The third-order valence-electron chi connectivity index (χ3n) is 3.74. The van der Waals surface area contributed by atoms with Crippen LogP contribution in [0.3, 0.4) is 0 Å². The number of hydrogen-bond acceptors (Lipinski definition) is 2. The Labute approximate surface area is 146 Å². The average molecular weight is 372 g/mol. The van der Waals surface area contributed by atoms with Crippen LogP contribution in [0.4, 0.5) is 18.9 Å². The Kier molecular flexibility index (Phi) is 4.56. The summed E-state index contributed by atoms with van der Waals surface area (Å²) >= 11 is 12.1. The monoisotopic (exact) mass is 371 g/mol.